The fraction of sp³-hybridized carbons (Fsp3) is 0.333. The van der Waals surface area contributed by atoms with Crippen molar-refractivity contribution >= 4 is 62.9 Å². The van der Waals surface area contributed by atoms with Crippen molar-refractivity contribution < 1.29 is 18.3 Å². The van der Waals surface area contributed by atoms with Crippen LogP contribution in [0.25, 0.3) is 33.5 Å². The van der Waals surface area contributed by atoms with Crippen LogP contribution in [0.1, 0.15) is 46.0 Å². The molecule has 1 amide bonds. The van der Waals surface area contributed by atoms with Gasteiger partial charge >= 0.3 is 0 Å². The van der Waals surface area contributed by atoms with Gasteiger partial charge in [-0.2, -0.15) is 0 Å². The lowest BCUT2D eigenvalue weighted by molar-refractivity contribution is -0.111. The van der Waals surface area contributed by atoms with Gasteiger partial charge in [-0.15, -0.1) is 0 Å². The summed E-state index contributed by atoms with van der Waals surface area (Å²) >= 11 is 6.04. The average Bonchev–Trinajstić information content (AvgIpc) is 3.80. The Bertz CT molecular complexity index is 2640. The van der Waals surface area contributed by atoms with Crippen LogP contribution in [0.4, 0.5) is 43.2 Å². The van der Waals surface area contributed by atoms with Crippen molar-refractivity contribution in [3.05, 3.63) is 96.3 Å². The number of carbonyl (C=O) groups is 1. The summed E-state index contributed by atoms with van der Waals surface area (Å²) in [5.74, 6) is 0.274. The lowest BCUT2D eigenvalue weighted by atomic mass is 10.1. The van der Waals surface area contributed by atoms with Crippen LogP contribution in [0.15, 0.2) is 73.6 Å². The largest absolute Gasteiger partial charge is 0.494 e. The van der Waals surface area contributed by atoms with Crippen LogP contribution in [0.2, 0.25) is 5.28 Å². The number of likely N-dealkylation sites (N-methyl/N-ethyl adjacent to an activating group) is 2. The van der Waals surface area contributed by atoms with Gasteiger partial charge in [0.2, 0.25) is 17.1 Å². The summed E-state index contributed by atoms with van der Waals surface area (Å²) in [5.41, 5.74) is 6.21. The fourth-order valence-electron chi connectivity index (χ4n) is 7.94. The van der Waals surface area contributed by atoms with Gasteiger partial charge in [-0.05, 0) is 108 Å². The highest BCUT2D eigenvalue weighted by molar-refractivity contribution is 6.28. The van der Waals surface area contributed by atoms with Gasteiger partial charge in [-0.1, -0.05) is 6.58 Å². The minimum Gasteiger partial charge on any atom is -0.494 e. The Kier molecular flexibility index (Phi) is 12.9. The standard InChI is InChI=1S/C45H51ClF2N12O2/c1-10-41(61)52-34-23-35(55-45-50-15-12-33(54-45)29-20-30(47)42-37(21-29)59(25(2)3)27(6)51-42)39(62-9)24-36(34)58(8)18-17-57(7)16-13-40-56-43-31(48)19-28(22-38(43)60(40)26(4)5)32-11-14-49-44(46)53-32/h10-12,14-15,19-26,40,56H,1,13,16-18H2,2-9H3,(H,52,61)(H,50,54,55). The molecule has 1 atom stereocenters. The number of benzene rings is 3. The Morgan fingerprint density at radius 1 is 0.935 bits per heavy atom. The lowest BCUT2D eigenvalue weighted by Gasteiger charge is -2.32. The van der Waals surface area contributed by atoms with E-state index in [4.69, 9.17) is 21.3 Å². The first-order valence-corrected chi connectivity index (χ1v) is 20.7. The molecule has 62 heavy (non-hydrogen) atoms. The van der Waals surface area contributed by atoms with Crippen LogP contribution in [0.5, 0.6) is 5.75 Å². The third kappa shape index (κ3) is 9.11. The molecule has 1 aliphatic rings. The van der Waals surface area contributed by atoms with Crippen LogP contribution in [0, 0.1) is 18.6 Å². The summed E-state index contributed by atoms with van der Waals surface area (Å²) in [6.45, 7) is 15.7. The molecule has 3 aromatic heterocycles. The Hall–Kier alpha value is -6.39. The molecule has 0 bridgehead atoms. The number of halogens is 3. The number of amides is 1. The van der Waals surface area contributed by atoms with Gasteiger partial charge in [0.25, 0.3) is 0 Å². The Morgan fingerprint density at radius 3 is 2.34 bits per heavy atom. The first-order chi connectivity index (χ1) is 29.6. The molecule has 4 heterocycles. The van der Waals surface area contributed by atoms with Crippen molar-refractivity contribution in [3.8, 4) is 28.3 Å². The average molecular weight is 865 g/mol. The molecule has 0 saturated carbocycles. The smallest absolute Gasteiger partial charge is 0.247 e. The zero-order valence-electron chi connectivity index (χ0n) is 36.1. The Labute approximate surface area is 365 Å². The molecular weight excluding hydrogens is 814 g/mol. The molecule has 3 N–H and O–H groups in total. The van der Waals surface area contributed by atoms with Gasteiger partial charge < -0.3 is 40.0 Å². The number of anilines is 6. The van der Waals surface area contributed by atoms with Crippen LogP contribution in [-0.4, -0.2) is 93.3 Å². The fourth-order valence-corrected chi connectivity index (χ4v) is 8.08. The topological polar surface area (TPSA) is 141 Å². The van der Waals surface area contributed by atoms with Gasteiger partial charge in [0.15, 0.2) is 5.82 Å². The molecule has 0 spiro atoms. The van der Waals surface area contributed by atoms with Gasteiger partial charge in [0.1, 0.15) is 29.1 Å². The van der Waals surface area contributed by atoms with Crippen LogP contribution < -0.4 is 30.5 Å². The summed E-state index contributed by atoms with van der Waals surface area (Å²) in [7, 11) is 5.54. The Balaban J connectivity index is 1.05. The maximum atomic E-state index is 15.6. The second-order valence-corrected chi connectivity index (χ2v) is 16.2. The van der Waals surface area contributed by atoms with Gasteiger partial charge in [0.05, 0.1) is 52.5 Å². The second-order valence-electron chi connectivity index (χ2n) is 15.8. The number of rotatable bonds is 16. The Morgan fingerprint density at radius 2 is 1.65 bits per heavy atom. The summed E-state index contributed by atoms with van der Waals surface area (Å²) in [5, 5.41) is 9.70. The molecule has 324 valence electrons. The van der Waals surface area contributed by atoms with E-state index in [2.05, 4.69) is 66.1 Å². The molecule has 0 radical (unpaired) electrons. The molecule has 7 rings (SSSR count). The molecule has 6 aromatic rings. The summed E-state index contributed by atoms with van der Waals surface area (Å²) < 4.78 is 38.8. The molecule has 0 saturated heterocycles. The second kappa shape index (κ2) is 18.3. The number of nitrogens with one attached hydrogen (secondary N) is 3. The first-order valence-electron chi connectivity index (χ1n) is 20.4. The van der Waals surface area contributed by atoms with E-state index in [0.717, 1.165) is 11.5 Å². The lowest BCUT2D eigenvalue weighted by Crippen LogP contribution is -2.43. The van der Waals surface area contributed by atoms with Crippen LogP contribution in [0.3, 0.4) is 0 Å². The quantitative estimate of drug-likeness (QED) is 0.0632. The predicted molar refractivity (Wildman–Crippen MR) is 244 cm³/mol. The normalized spacial score (nSPS) is 13.5. The van der Waals surface area contributed by atoms with Gasteiger partial charge in [0, 0.05) is 68.4 Å². The molecular formula is C45H51ClF2N12O2. The van der Waals surface area contributed by atoms with Crippen LogP contribution in [-0.2, 0) is 4.79 Å². The SMILES string of the molecule is C=CC(=O)Nc1cc(Nc2nccc(-c3cc(F)c4nc(C)n(C(C)C)c4c3)n2)c(OC)cc1N(C)CCN(C)CCC1Nc2c(F)cc(-c3ccnc(Cl)n3)cc2N1C(C)C. The van der Waals surface area contributed by atoms with Crippen molar-refractivity contribution in [3.63, 3.8) is 0 Å². The minimum atomic E-state index is -0.435. The van der Waals surface area contributed by atoms with Crippen molar-refractivity contribution in [2.24, 2.45) is 0 Å². The summed E-state index contributed by atoms with van der Waals surface area (Å²) in [6, 6.07) is 13.9. The monoisotopic (exact) mass is 864 g/mol. The van der Waals surface area contributed by atoms with E-state index in [0.29, 0.717) is 88.1 Å². The summed E-state index contributed by atoms with van der Waals surface area (Å²) in [4.78, 5) is 41.0. The molecule has 14 nitrogen and oxygen atoms in total. The summed E-state index contributed by atoms with van der Waals surface area (Å²) in [6.07, 6.45) is 4.93. The van der Waals surface area contributed by atoms with E-state index in [-0.39, 0.29) is 41.2 Å². The number of hydrogen-bond acceptors (Lipinski definition) is 12. The van der Waals surface area contributed by atoms with Crippen molar-refractivity contribution in [2.75, 3.05) is 66.6 Å². The zero-order chi connectivity index (χ0) is 44.4. The highest BCUT2D eigenvalue weighted by atomic mass is 35.5. The van der Waals surface area contributed by atoms with Crippen molar-refractivity contribution in [1.82, 2.24) is 34.4 Å². The predicted octanol–water partition coefficient (Wildman–Crippen LogP) is 9.07. The third-order valence-corrected chi connectivity index (χ3v) is 11.1. The van der Waals surface area contributed by atoms with E-state index in [1.165, 1.54) is 18.2 Å². The molecule has 1 aliphatic heterocycles. The number of nitrogens with zero attached hydrogens (tertiary/aromatic N) is 9. The highest BCUT2D eigenvalue weighted by Crippen LogP contribution is 2.42. The van der Waals surface area contributed by atoms with Crippen LogP contribution >= 0.6 is 11.6 Å². The number of fused-ring (bicyclic) bond motifs is 2. The number of ether oxygens (including phenoxy) is 1. The zero-order valence-corrected chi connectivity index (χ0v) is 36.8. The maximum Gasteiger partial charge on any atom is 0.247 e. The molecule has 3 aromatic carbocycles. The third-order valence-electron chi connectivity index (χ3n) is 10.9. The number of aromatic nitrogens is 6. The number of imidazole rings is 1. The maximum absolute atomic E-state index is 15.6. The van der Waals surface area contributed by atoms with Gasteiger partial charge in [-0.3, -0.25) is 4.79 Å². The van der Waals surface area contributed by atoms with E-state index in [1.807, 2.05) is 62.5 Å². The molecule has 0 aliphatic carbocycles. The molecule has 17 heteroatoms. The minimum absolute atomic E-state index is 0.0829. The number of methoxy groups -OCH3 is 1. The van der Waals surface area contributed by atoms with E-state index < -0.39 is 5.82 Å². The molecule has 0 fully saturated rings. The number of hydrogen-bond donors (Lipinski definition) is 3. The van der Waals surface area contributed by atoms with E-state index >= 15 is 8.78 Å². The molecule has 1 unspecified atom stereocenters. The number of carbonyl (C=O) groups excluding carboxylic acids is 1. The van der Waals surface area contributed by atoms with E-state index in [1.54, 1.807) is 37.7 Å². The number of aryl methyl sites for hydroxylation is 1. The first kappa shape index (κ1) is 43.7. The van der Waals surface area contributed by atoms with Crippen molar-refractivity contribution in [1.29, 1.82) is 0 Å². The highest BCUT2D eigenvalue weighted by Gasteiger charge is 2.33. The van der Waals surface area contributed by atoms with Gasteiger partial charge in [-0.25, -0.2) is 33.7 Å². The van der Waals surface area contributed by atoms with Crippen molar-refractivity contribution in [2.45, 2.75) is 59.3 Å². The van der Waals surface area contributed by atoms with E-state index in [9.17, 15) is 4.79 Å².